The van der Waals surface area contributed by atoms with Crippen LogP contribution < -0.4 is 5.32 Å². The first-order valence-electron chi connectivity index (χ1n) is 8.37. The first-order valence-corrected chi connectivity index (χ1v) is 10.3. The van der Waals surface area contributed by atoms with Crippen molar-refractivity contribution in [3.63, 3.8) is 0 Å². The van der Waals surface area contributed by atoms with E-state index in [1.165, 1.54) is 37.5 Å². The monoisotopic (exact) mass is 421 g/mol. The molecule has 0 fully saturated rings. The Morgan fingerprint density at radius 2 is 1.93 bits per heavy atom. The molecule has 3 aromatic rings. The van der Waals surface area contributed by atoms with Crippen molar-refractivity contribution in [1.82, 2.24) is 5.32 Å². The maximum atomic E-state index is 13.6. The van der Waals surface area contributed by atoms with Gasteiger partial charge in [0.1, 0.15) is 16.8 Å². The second-order valence-corrected chi connectivity index (χ2v) is 8.69. The lowest BCUT2D eigenvalue weighted by Crippen LogP contribution is -2.32. The number of carbonyl (C=O) groups excluding carboxylic acids is 1. The highest BCUT2D eigenvalue weighted by Crippen LogP contribution is 2.30. The van der Waals surface area contributed by atoms with Crippen LogP contribution in [-0.2, 0) is 9.84 Å². The average Bonchev–Trinajstić information content (AvgIpc) is 3.18. The van der Waals surface area contributed by atoms with Gasteiger partial charge in [-0.2, -0.15) is 0 Å². The van der Waals surface area contributed by atoms with Crippen LogP contribution in [0.4, 0.5) is 4.39 Å². The summed E-state index contributed by atoms with van der Waals surface area (Å²) in [6.07, 6.45) is 1.35. The van der Waals surface area contributed by atoms with Gasteiger partial charge in [0.05, 0.1) is 21.7 Å². The molecule has 0 spiro atoms. The van der Waals surface area contributed by atoms with Crippen molar-refractivity contribution >= 4 is 27.3 Å². The molecule has 3 rings (SSSR count). The Bertz CT molecular complexity index is 1100. The Hall–Kier alpha value is -2.64. The second kappa shape index (κ2) is 8.16. The minimum absolute atomic E-state index is 0.0557. The van der Waals surface area contributed by atoms with E-state index in [2.05, 4.69) is 5.32 Å². The zero-order chi connectivity index (χ0) is 20.3. The van der Waals surface area contributed by atoms with Crippen LogP contribution in [0.5, 0.6) is 0 Å². The van der Waals surface area contributed by atoms with Crippen molar-refractivity contribution in [2.45, 2.75) is 17.1 Å². The largest absolute Gasteiger partial charge is 0.468 e. The van der Waals surface area contributed by atoms with E-state index in [1.807, 2.05) is 0 Å². The minimum atomic E-state index is -3.96. The summed E-state index contributed by atoms with van der Waals surface area (Å²) in [6.45, 7) is 1.24. The number of hydrogen-bond donors (Lipinski definition) is 1. The number of hydrogen-bond acceptors (Lipinski definition) is 4. The lowest BCUT2D eigenvalue weighted by Gasteiger charge is -2.17. The van der Waals surface area contributed by atoms with Gasteiger partial charge >= 0.3 is 0 Å². The van der Waals surface area contributed by atoms with Crippen LogP contribution in [-0.4, -0.2) is 20.9 Å². The molecule has 0 aliphatic heterocycles. The van der Waals surface area contributed by atoms with Gasteiger partial charge in [-0.1, -0.05) is 23.7 Å². The summed E-state index contributed by atoms with van der Waals surface area (Å²) < 4.78 is 45.1. The normalized spacial score (nSPS) is 12.5. The molecular formula is C20H17ClFNO4S. The number of benzene rings is 2. The number of furan rings is 1. The minimum Gasteiger partial charge on any atom is -0.468 e. The molecule has 1 heterocycles. The Labute approximate surface area is 167 Å². The molecule has 0 radical (unpaired) electrons. The van der Waals surface area contributed by atoms with Gasteiger partial charge in [0, 0.05) is 6.54 Å². The first kappa shape index (κ1) is 20.1. The van der Waals surface area contributed by atoms with Crippen molar-refractivity contribution in [2.24, 2.45) is 0 Å². The first-order chi connectivity index (χ1) is 13.3. The van der Waals surface area contributed by atoms with Gasteiger partial charge < -0.3 is 9.73 Å². The third-order valence-electron chi connectivity index (χ3n) is 4.26. The average molecular weight is 422 g/mol. The topological polar surface area (TPSA) is 76.4 Å². The van der Waals surface area contributed by atoms with Gasteiger partial charge in [-0.15, -0.1) is 0 Å². The predicted octanol–water partition coefficient (Wildman–Crippen LogP) is 4.33. The summed E-state index contributed by atoms with van der Waals surface area (Å²) in [5.74, 6) is -0.838. The van der Waals surface area contributed by atoms with Gasteiger partial charge in [0.25, 0.3) is 5.91 Å². The maximum Gasteiger partial charge on any atom is 0.252 e. The van der Waals surface area contributed by atoms with Crippen molar-refractivity contribution in [3.8, 4) is 0 Å². The van der Waals surface area contributed by atoms with E-state index in [1.54, 1.807) is 24.3 Å². The van der Waals surface area contributed by atoms with Gasteiger partial charge in [-0.3, -0.25) is 4.79 Å². The number of sulfone groups is 1. The van der Waals surface area contributed by atoms with Crippen molar-refractivity contribution < 1.29 is 22.0 Å². The van der Waals surface area contributed by atoms with Crippen molar-refractivity contribution in [2.75, 3.05) is 6.54 Å². The van der Waals surface area contributed by atoms with Gasteiger partial charge in [0.2, 0.25) is 0 Å². The maximum absolute atomic E-state index is 13.6. The van der Waals surface area contributed by atoms with E-state index in [0.29, 0.717) is 0 Å². The molecule has 1 unspecified atom stereocenters. The molecule has 2 aromatic carbocycles. The highest BCUT2D eigenvalue weighted by Gasteiger charge is 2.32. The quantitative estimate of drug-likeness (QED) is 0.601. The van der Waals surface area contributed by atoms with Crippen LogP contribution >= 0.6 is 11.6 Å². The smallest absolute Gasteiger partial charge is 0.252 e. The number of rotatable bonds is 6. The van der Waals surface area contributed by atoms with E-state index in [4.69, 9.17) is 16.0 Å². The lowest BCUT2D eigenvalue weighted by atomic mass is 10.2. The highest BCUT2D eigenvalue weighted by atomic mass is 35.5. The van der Waals surface area contributed by atoms with Crippen LogP contribution in [0.25, 0.3) is 0 Å². The van der Waals surface area contributed by atoms with Crippen LogP contribution in [0.15, 0.2) is 70.2 Å². The molecule has 0 aliphatic rings. The third-order valence-corrected chi connectivity index (χ3v) is 6.65. The number of carbonyl (C=O) groups is 1. The Kier molecular flexibility index (Phi) is 5.86. The summed E-state index contributed by atoms with van der Waals surface area (Å²) in [4.78, 5) is 12.4. The van der Waals surface area contributed by atoms with Gasteiger partial charge in [-0.25, -0.2) is 12.8 Å². The molecule has 0 saturated carbocycles. The standard InChI is InChI=1S/C20H17ClFNO4S/c1-13-11-14(8-9-17(13)22)28(25,26)19(18-7-4-10-27-18)12-23-20(24)15-5-2-3-6-16(15)21/h2-11,19H,12H2,1H3,(H,23,24). The molecular weight excluding hydrogens is 405 g/mol. The molecule has 146 valence electrons. The molecule has 0 aliphatic carbocycles. The van der Waals surface area contributed by atoms with E-state index >= 15 is 0 Å². The van der Waals surface area contributed by atoms with Crippen LogP contribution in [0.2, 0.25) is 5.02 Å². The van der Waals surface area contributed by atoms with E-state index < -0.39 is 26.8 Å². The molecule has 1 aromatic heterocycles. The number of aryl methyl sites for hydroxylation is 1. The molecule has 8 heteroatoms. The fraction of sp³-hybridized carbons (Fsp3) is 0.150. The summed E-state index contributed by atoms with van der Waals surface area (Å²) in [6, 6.07) is 13.1. The molecule has 1 N–H and O–H groups in total. The zero-order valence-electron chi connectivity index (χ0n) is 14.9. The molecule has 1 amide bonds. The van der Waals surface area contributed by atoms with Crippen LogP contribution in [0, 0.1) is 12.7 Å². The molecule has 28 heavy (non-hydrogen) atoms. The second-order valence-electron chi connectivity index (χ2n) is 6.15. The summed E-state index contributed by atoms with van der Waals surface area (Å²) in [7, 11) is -3.96. The third kappa shape index (κ3) is 4.10. The fourth-order valence-corrected chi connectivity index (χ4v) is 4.61. The zero-order valence-corrected chi connectivity index (χ0v) is 16.4. The van der Waals surface area contributed by atoms with E-state index in [9.17, 15) is 17.6 Å². The molecule has 1 atom stereocenters. The van der Waals surface area contributed by atoms with Crippen molar-refractivity contribution in [1.29, 1.82) is 0 Å². The highest BCUT2D eigenvalue weighted by molar-refractivity contribution is 7.91. The number of amides is 1. The Morgan fingerprint density at radius 3 is 2.57 bits per heavy atom. The summed E-state index contributed by atoms with van der Waals surface area (Å²) >= 11 is 6.02. The summed E-state index contributed by atoms with van der Waals surface area (Å²) in [5, 5.41) is 1.67. The Morgan fingerprint density at radius 1 is 1.18 bits per heavy atom. The van der Waals surface area contributed by atoms with Gasteiger partial charge in [0.15, 0.2) is 9.84 Å². The molecule has 0 bridgehead atoms. The predicted molar refractivity (Wildman–Crippen MR) is 104 cm³/mol. The number of nitrogens with one attached hydrogen (secondary N) is 1. The molecule has 0 saturated heterocycles. The van der Waals surface area contributed by atoms with E-state index in [0.717, 1.165) is 6.07 Å². The Balaban J connectivity index is 1.91. The number of halogens is 2. The lowest BCUT2D eigenvalue weighted by molar-refractivity contribution is 0.0953. The van der Waals surface area contributed by atoms with Crippen LogP contribution in [0.1, 0.15) is 26.9 Å². The fourth-order valence-electron chi connectivity index (χ4n) is 2.72. The van der Waals surface area contributed by atoms with Crippen LogP contribution in [0.3, 0.4) is 0 Å². The van der Waals surface area contributed by atoms with Crippen molar-refractivity contribution in [3.05, 3.63) is 88.6 Å². The SMILES string of the molecule is Cc1cc(S(=O)(=O)C(CNC(=O)c2ccccc2Cl)c2ccco2)ccc1F. The molecule has 5 nitrogen and oxygen atoms in total. The van der Waals surface area contributed by atoms with E-state index in [-0.39, 0.29) is 33.4 Å². The summed E-state index contributed by atoms with van der Waals surface area (Å²) in [5.41, 5.74) is 0.441. The van der Waals surface area contributed by atoms with Gasteiger partial charge in [-0.05, 0) is 55.0 Å².